The van der Waals surface area contributed by atoms with Crippen LogP contribution in [-0.2, 0) is 35.1 Å². The van der Waals surface area contributed by atoms with E-state index in [1.54, 1.807) is 10.4 Å². The first-order valence-electron chi connectivity index (χ1n) is 16.3. The molecule has 0 amide bonds. The van der Waals surface area contributed by atoms with Crippen molar-refractivity contribution in [1.29, 1.82) is 5.26 Å². The van der Waals surface area contributed by atoms with Crippen molar-refractivity contribution >= 4 is 15.7 Å². The smallest absolute Gasteiger partial charge is 0.211 e. The highest BCUT2D eigenvalue weighted by Gasteiger charge is 2.39. The number of benzene rings is 5. The minimum atomic E-state index is -3.58. The summed E-state index contributed by atoms with van der Waals surface area (Å²) in [5.74, 6) is 0. The minimum absolute atomic E-state index is 0.186. The highest BCUT2D eigenvalue weighted by atomic mass is 32.2. The number of nitrogens with zero attached hydrogens (tertiary/aromatic N) is 5. The maximum absolute atomic E-state index is 13.3. The maximum atomic E-state index is 13.3. The SMILES string of the molecule is CS(=O)(=O)N1Cc2cc(C#N)ccc2N(Cc2cn(C(c3ccccc3)(c3ccccc3)c3ccccc3)cn2)C[C@H]1Cc1ccccc1. The van der Waals surface area contributed by atoms with Gasteiger partial charge in [0.2, 0.25) is 10.0 Å². The van der Waals surface area contributed by atoms with Crippen LogP contribution in [0.3, 0.4) is 0 Å². The molecule has 0 unspecified atom stereocenters. The van der Waals surface area contributed by atoms with Gasteiger partial charge in [-0.2, -0.15) is 9.57 Å². The third kappa shape index (κ3) is 6.39. The third-order valence-electron chi connectivity index (χ3n) is 9.40. The molecule has 8 heteroatoms. The number of imidazole rings is 1. The van der Waals surface area contributed by atoms with Crippen LogP contribution in [0.4, 0.5) is 5.69 Å². The van der Waals surface area contributed by atoms with E-state index in [1.165, 1.54) is 6.26 Å². The summed E-state index contributed by atoms with van der Waals surface area (Å²) < 4.78 is 30.4. The molecule has 0 N–H and O–H groups in total. The Bertz CT molecular complexity index is 2080. The molecular weight excluding hydrogens is 627 g/mol. The lowest BCUT2D eigenvalue weighted by atomic mass is 9.77. The first-order valence-corrected chi connectivity index (χ1v) is 18.2. The van der Waals surface area contributed by atoms with Gasteiger partial charge in [0.15, 0.2) is 0 Å². The number of hydrogen-bond acceptors (Lipinski definition) is 5. The molecule has 0 fully saturated rings. The Morgan fingerprint density at radius 2 is 1.35 bits per heavy atom. The molecule has 1 atom stereocenters. The van der Waals surface area contributed by atoms with Crippen molar-refractivity contribution in [3.63, 3.8) is 0 Å². The number of aromatic nitrogens is 2. The van der Waals surface area contributed by atoms with Crippen molar-refractivity contribution in [1.82, 2.24) is 13.9 Å². The lowest BCUT2D eigenvalue weighted by molar-refractivity contribution is 0.320. The van der Waals surface area contributed by atoms with Crippen molar-refractivity contribution in [3.8, 4) is 6.07 Å². The quantitative estimate of drug-likeness (QED) is 0.156. The van der Waals surface area contributed by atoms with Gasteiger partial charge >= 0.3 is 0 Å². The van der Waals surface area contributed by atoms with Gasteiger partial charge in [-0.05, 0) is 52.4 Å². The summed E-state index contributed by atoms with van der Waals surface area (Å²) in [4.78, 5) is 7.22. The van der Waals surface area contributed by atoms with Crippen LogP contribution in [0, 0.1) is 11.3 Å². The van der Waals surface area contributed by atoms with Gasteiger partial charge in [0, 0.05) is 31.0 Å². The molecular formula is C41H37N5O2S. The Morgan fingerprint density at radius 3 is 1.88 bits per heavy atom. The Hall–Kier alpha value is -5.49. The number of rotatable bonds is 9. The van der Waals surface area contributed by atoms with Gasteiger partial charge in [-0.1, -0.05) is 121 Å². The van der Waals surface area contributed by atoms with E-state index in [0.29, 0.717) is 25.1 Å². The van der Waals surface area contributed by atoms with E-state index in [2.05, 4.69) is 94.5 Å². The molecule has 2 heterocycles. The lowest BCUT2D eigenvalue weighted by Crippen LogP contribution is -2.45. The van der Waals surface area contributed by atoms with Gasteiger partial charge < -0.3 is 9.47 Å². The molecule has 0 spiro atoms. The van der Waals surface area contributed by atoms with E-state index < -0.39 is 15.6 Å². The van der Waals surface area contributed by atoms with Crippen LogP contribution in [0.25, 0.3) is 0 Å². The van der Waals surface area contributed by atoms with Crippen LogP contribution in [0.2, 0.25) is 0 Å². The summed E-state index contributed by atoms with van der Waals surface area (Å²) in [6.45, 7) is 1.09. The molecule has 49 heavy (non-hydrogen) atoms. The molecule has 5 aromatic carbocycles. The van der Waals surface area contributed by atoms with Gasteiger partial charge in [-0.25, -0.2) is 13.4 Å². The van der Waals surface area contributed by atoms with Crippen LogP contribution in [0.5, 0.6) is 0 Å². The predicted molar refractivity (Wildman–Crippen MR) is 193 cm³/mol. The standard InChI is InChI=1S/C41H37N5O2S/c1-49(47,48)46-27-34-24-33(26-42)22-23-40(34)44(30-39(46)25-32-14-6-2-7-15-32)28-38-29-45(31-43-38)41(35-16-8-3-9-17-35,36-18-10-4-11-19-36)37-20-12-5-13-21-37/h2-24,29,31,39H,25,27-28,30H2,1H3/t39-/m1/s1. The molecule has 0 saturated carbocycles. The highest BCUT2D eigenvalue weighted by Crippen LogP contribution is 2.41. The van der Waals surface area contributed by atoms with Crippen LogP contribution in [0.15, 0.2) is 152 Å². The van der Waals surface area contributed by atoms with Crippen molar-refractivity contribution in [2.45, 2.75) is 31.1 Å². The second-order valence-electron chi connectivity index (χ2n) is 12.6. The van der Waals surface area contributed by atoms with Crippen molar-refractivity contribution in [2.24, 2.45) is 0 Å². The molecule has 7 rings (SSSR count). The summed E-state index contributed by atoms with van der Waals surface area (Å²) in [5.41, 5.74) is 6.71. The van der Waals surface area contributed by atoms with Crippen LogP contribution >= 0.6 is 0 Å². The number of anilines is 1. The van der Waals surface area contributed by atoms with Crippen molar-refractivity contribution < 1.29 is 8.42 Å². The van der Waals surface area contributed by atoms with Gasteiger partial charge in [0.1, 0.15) is 5.54 Å². The maximum Gasteiger partial charge on any atom is 0.211 e. The fourth-order valence-corrected chi connectivity index (χ4v) is 8.29. The van der Waals surface area contributed by atoms with E-state index in [1.807, 2.05) is 67.0 Å². The summed E-state index contributed by atoms with van der Waals surface area (Å²) in [7, 11) is -3.58. The lowest BCUT2D eigenvalue weighted by Gasteiger charge is -2.37. The zero-order chi connectivity index (χ0) is 33.8. The normalized spacial score (nSPS) is 15.3. The predicted octanol–water partition coefficient (Wildman–Crippen LogP) is 6.99. The second-order valence-corrected chi connectivity index (χ2v) is 14.5. The Morgan fingerprint density at radius 1 is 0.796 bits per heavy atom. The van der Waals surface area contributed by atoms with Gasteiger partial charge in [-0.3, -0.25) is 0 Å². The zero-order valence-corrected chi connectivity index (χ0v) is 28.1. The summed E-state index contributed by atoms with van der Waals surface area (Å²) in [5, 5.41) is 9.74. The fourth-order valence-electron chi connectivity index (χ4n) is 7.23. The number of fused-ring (bicyclic) bond motifs is 1. The van der Waals surface area contributed by atoms with Crippen molar-refractivity contribution in [3.05, 3.63) is 191 Å². The minimum Gasteiger partial charge on any atom is -0.364 e. The van der Waals surface area contributed by atoms with Gasteiger partial charge in [-0.15, -0.1) is 0 Å². The topological polar surface area (TPSA) is 82.2 Å². The Balaban J connectivity index is 1.34. The molecule has 1 aromatic heterocycles. The number of sulfonamides is 1. The van der Waals surface area contributed by atoms with Crippen LogP contribution in [0.1, 0.15) is 39.1 Å². The molecule has 0 bridgehead atoms. The molecule has 7 nitrogen and oxygen atoms in total. The van der Waals surface area contributed by atoms with E-state index in [4.69, 9.17) is 4.98 Å². The Labute approximate surface area is 288 Å². The van der Waals surface area contributed by atoms with E-state index >= 15 is 0 Å². The van der Waals surface area contributed by atoms with Crippen LogP contribution < -0.4 is 4.90 Å². The monoisotopic (exact) mass is 663 g/mol. The highest BCUT2D eigenvalue weighted by molar-refractivity contribution is 7.88. The van der Waals surface area contributed by atoms with Crippen molar-refractivity contribution in [2.75, 3.05) is 17.7 Å². The first kappa shape index (κ1) is 32.1. The van der Waals surface area contributed by atoms with Gasteiger partial charge in [0.25, 0.3) is 0 Å². The molecule has 1 aliphatic rings. The summed E-state index contributed by atoms with van der Waals surface area (Å²) in [6.07, 6.45) is 5.84. The summed E-state index contributed by atoms with van der Waals surface area (Å²) >= 11 is 0. The molecule has 0 aliphatic carbocycles. The molecule has 1 aliphatic heterocycles. The van der Waals surface area contributed by atoms with E-state index in [-0.39, 0.29) is 12.6 Å². The largest absolute Gasteiger partial charge is 0.364 e. The van der Waals surface area contributed by atoms with Gasteiger partial charge in [0.05, 0.1) is 36.5 Å². The Kier molecular flexibility index (Phi) is 8.87. The third-order valence-corrected chi connectivity index (χ3v) is 10.7. The van der Waals surface area contributed by atoms with E-state index in [0.717, 1.165) is 39.2 Å². The first-order chi connectivity index (χ1) is 23.9. The zero-order valence-electron chi connectivity index (χ0n) is 27.3. The molecule has 0 radical (unpaired) electrons. The summed E-state index contributed by atoms with van der Waals surface area (Å²) in [6, 6.07) is 48.9. The molecule has 0 saturated heterocycles. The number of nitriles is 1. The average Bonchev–Trinajstić information content (AvgIpc) is 3.54. The van der Waals surface area contributed by atoms with Crippen LogP contribution in [-0.4, -0.2) is 41.1 Å². The fraction of sp³-hybridized carbons (Fsp3) is 0.171. The molecule has 244 valence electrons. The average molecular weight is 664 g/mol. The van der Waals surface area contributed by atoms with E-state index in [9.17, 15) is 13.7 Å². The second kappa shape index (κ2) is 13.6. The molecule has 6 aromatic rings. The number of hydrogen-bond donors (Lipinski definition) is 0.